The van der Waals surface area contributed by atoms with E-state index in [2.05, 4.69) is 12.6 Å². The van der Waals surface area contributed by atoms with Crippen molar-refractivity contribution in [2.45, 2.75) is 0 Å². The Bertz CT molecular complexity index is 579. The van der Waals surface area contributed by atoms with Gasteiger partial charge < -0.3 is 0 Å². The van der Waals surface area contributed by atoms with E-state index in [-0.39, 0.29) is 5.82 Å². The SMILES string of the molecule is C=Cc1c[c]c(C#N)c2ccc(F)cc12. The molecule has 0 bridgehead atoms. The quantitative estimate of drug-likeness (QED) is 0.686. The Kier molecular flexibility index (Phi) is 2.23. The number of nitrogens with zero attached hydrogens (tertiary/aromatic N) is 1. The van der Waals surface area contributed by atoms with Crippen LogP contribution in [0.25, 0.3) is 16.8 Å². The van der Waals surface area contributed by atoms with Gasteiger partial charge in [-0.15, -0.1) is 0 Å². The van der Waals surface area contributed by atoms with E-state index in [1.807, 2.05) is 6.07 Å². The van der Waals surface area contributed by atoms with E-state index < -0.39 is 0 Å². The van der Waals surface area contributed by atoms with Crippen LogP contribution in [0.5, 0.6) is 0 Å². The van der Waals surface area contributed by atoms with Gasteiger partial charge in [-0.3, -0.25) is 0 Å². The zero-order chi connectivity index (χ0) is 10.8. The molecule has 0 aliphatic rings. The summed E-state index contributed by atoms with van der Waals surface area (Å²) in [6.45, 7) is 3.64. The molecular weight excluding hydrogens is 189 g/mol. The first kappa shape index (κ1) is 9.42. The van der Waals surface area contributed by atoms with Crippen molar-refractivity contribution < 1.29 is 4.39 Å². The van der Waals surface area contributed by atoms with Crippen molar-refractivity contribution in [3.05, 3.63) is 53.9 Å². The maximum absolute atomic E-state index is 13.1. The monoisotopic (exact) mass is 196 g/mol. The standard InChI is InChI=1S/C13H7FN/c1-2-9-3-4-10(8-15)12-6-5-11(14)7-13(9)12/h2-3,5-7H,1H2. The second-order valence-corrected chi connectivity index (χ2v) is 3.12. The first-order chi connectivity index (χ1) is 7.26. The molecule has 0 spiro atoms. The molecule has 15 heavy (non-hydrogen) atoms. The van der Waals surface area contributed by atoms with E-state index in [4.69, 9.17) is 5.26 Å². The summed E-state index contributed by atoms with van der Waals surface area (Å²) in [5.74, 6) is -0.319. The molecule has 0 heterocycles. The molecule has 0 aliphatic carbocycles. The Morgan fingerprint density at radius 2 is 2.20 bits per heavy atom. The van der Waals surface area contributed by atoms with Gasteiger partial charge in [-0.25, -0.2) is 4.39 Å². The van der Waals surface area contributed by atoms with Gasteiger partial charge in [0.15, 0.2) is 0 Å². The molecule has 0 fully saturated rings. The van der Waals surface area contributed by atoms with Crippen molar-refractivity contribution >= 4 is 16.8 Å². The van der Waals surface area contributed by atoms with E-state index in [0.717, 1.165) is 5.56 Å². The Morgan fingerprint density at radius 3 is 2.87 bits per heavy atom. The van der Waals surface area contributed by atoms with Crippen LogP contribution in [0.1, 0.15) is 11.1 Å². The van der Waals surface area contributed by atoms with Crippen molar-refractivity contribution in [3.8, 4) is 6.07 Å². The molecule has 71 valence electrons. The maximum Gasteiger partial charge on any atom is 0.123 e. The normalized spacial score (nSPS) is 9.87. The van der Waals surface area contributed by atoms with Gasteiger partial charge >= 0.3 is 0 Å². The zero-order valence-electron chi connectivity index (χ0n) is 7.92. The van der Waals surface area contributed by atoms with Crippen LogP contribution in [-0.4, -0.2) is 0 Å². The number of benzene rings is 2. The van der Waals surface area contributed by atoms with E-state index in [9.17, 15) is 4.39 Å². The van der Waals surface area contributed by atoms with Crippen LogP contribution in [0.2, 0.25) is 0 Å². The lowest BCUT2D eigenvalue weighted by Crippen LogP contribution is -1.85. The molecule has 0 N–H and O–H groups in total. The molecule has 2 heteroatoms. The van der Waals surface area contributed by atoms with Gasteiger partial charge in [0.1, 0.15) is 11.9 Å². The fraction of sp³-hybridized carbons (Fsp3) is 0. The van der Waals surface area contributed by atoms with Gasteiger partial charge in [0.2, 0.25) is 0 Å². The van der Waals surface area contributed by atoms with E-state index in [0.29, 0.717) is 16.3 Å². The summed E-state index contributed by atoms with van der Waals surface area (Å²) in [7, 11) is 0. The summed E-state index contributed by atoms with van der Waals surface area (Å²) in [4.78, 5) is 0. The molecule has 1 nitrogen and oxygen atoms in total. The Balaban J connectivity index is 2.94. The highest BCUT2D eigenvalue weighted by Gasteiger charge is 2.04. The third-order valence-corrected chi connectivity index (χ3v) is 2.27. The van der Waals surface area contributed by atoms with Crippen molar-refractivity contribution in [1.82, 2.24) is 0 Å². The lowest BCUT2D eigenvalue weighted by molar-refractivity contribution is 0.629. The van der Waals surface area contributed by atoms with Crippen molar-refractivity contribution in [2.75, 3.05) is 0 Å². The summed E-state index contributed by atoms with van der Waals surface area (Å²) in [6, 6.07) is 10.9. The highest BCUT2D eigenvalue weighted by atomic mass is 19.1. The topological polar surface area (TPSA) is 23.8 Å². The van der Waals surface area contributed by atoms with Crippen LogP contribution in [-0.2, 0) is 0 Å². The van der Waals surface area contributed by atoms with E-state index >= 15 is 0 Å². The summed E-state index contributed by atoms with van der Waals surface area (Å²) < 4.78 is 13.1. The first-order valence-corrected chi connectivity index (χ1v) is 4.42. The lowest BCUT2D eigenvalue weighted by atomic mass is 10.00. The number of rotatable bonds is 1. The Hall–Kier alpha value is -2.14. The first-order valence-electron chi connectivity index (χ1n) is 4.42. The molecule has 0 aliphatic heterocycles. The Morgan fingerprint density at radius 1 is 1.40 bits per heavy atom. The molecule has 1 radical (unpaired) electrons. The molecule has 2 rings (SSSR count). The van der Waals surface area contributed by atoms with Crippen molar-refractivity contribution in [2.24, 2.45) is 0 Å². The molecule has 0 aromatic heterocycles. The third kappa shape index (κ3) is 1.49. The number of hydrogen-bond donors (Lipinski definition) is 0. The highest BCUT2D eigenvalue weighted by molar-refractivity contribution is 5.94. The fourth-order valence-corrected chi connectivity index (χ4v) is 1.54. The number of nitriles is 1. The average Bonchev–Trinajstić information content (AvgIpc) is 2.27. The van der Waals surface area contributed by atoms with E-state index in [1.54, 1.807) is 18.2 Å². The van der Waals surface area contributed by atoms with Gasteiger partial charge in [-0.05, 0) is 29.1 Å². The van der Waals surface area contributed by atoms with Gasteiger partial charge in [-0.2, -0.15) is 5.26 Å². The minimum Gasteiger partial charge on any atom is -0.207 e. The molecule has 0 unspecified atom stereocenters. The van der Waals surface area contributed by atoms with Gasteiger partial charge in [0.05, 0.1) is 5.56 Å². The molecular formula is C13H7FN. The van der Waals surface area contributed by atoms with Crippen molar-refractivity contribution in [1.29, 1.82) is 5.26 Å². The van der Waals surface area contributed by atoms with Crippen LogP contribution < -0.4 is 0 Å². The minimum atomic E-state index is -0.319. The van der Waals surface area contributed by atoms with Crippen LogP contribution in [0, 0.1) is 23.2 Å². The third-order valence-electron chi connectivity index (χ3n) is 2.27. The molecule has 0 saturated carbocycles. The summed E-state index contributed by atoms with van der Waals surface area (Å²) in [5, 5.41) is 10.3. The Labute approximate surface area is 87.1 Å². The summed E-state index contributed by atoms with van der Waals surface area (Å²) in [5.41, 5.74) is 1.21. The van der Waals surface area contributed by atoms with Crippen LogP contribution in [0.15, 0.2) is 30.8 Å². The van der Waals surface area contributed by atoms with E-state index in [1.165, 1.54) is 12.1 Å². The van der Waals surface area contributed by atoms with Crippen LogP contribution in [0.4, 0.5) is 4.39 Å². The molecule has 0 saturated heterocycles. The second-order valence-electron chi connectivity index (χ2n) is 3.12. The molecule has 0 amide bonds. The fourth-order valence-electron chi connectivity index (χ4n) is 1.54. The minimum absolute atomic E-state index is 0.319. The molecule has 2 aromatic carbocycles. The van der Waals surface area contributed by atoms with Gasteiger partial charge in [-0.1, -0.05) is 18.7 Å². The highest BCUT2D eigenvalue weighted by Crippen LogP contribution is 2.23. The molecule has 0 atom stereocenters. The van der Waals surface area contributed by atoms with Gasteiger partial charge in [0, 0.05) is 11.5 Å². The van der Waals surface area contributed by atoms with Crippen LogP contribution in [0.3, 0.4) is 0 Å². The summed E-state index contributed by atoms with van der Waals surface area (Å²) in [6.07, 6.45) is 1.62. The second kappa shape index (κ2) is 3.55. The van der Waals surface area contributed by atoms with Gasteiger partial charge in [0.25, 0.3) is 0 Å². The smallest absolute Gasteiger partial charge is 0.123 e. The number of hydrogen-bond acceptors (Lipinski definition) is 1. The largest absolute Gasteiger partial charge is 0.207 e. The number of halogens is 1. The predicted molar refractivity (Wildman–Crippen MR) is 57.5 cm³/mol. The molecule has 2 aromatic rings. The number of fused-ring (bicyclic) bond motifs is 1. The average molecular weight is 196 g/mol. The maximum atomic E-state index is 13.1. The summed E-state index contributed by atoms with van der Waals surface area (Å²) >= 11 is 0. The lowest BCUT2D eigenvalue weighted by Gasteiger charge is -2.03. The van der Waals surface area contributed by atoms with Crippen molar-refractivity contribution in [3.63, 3.8) is 0 Å². The predicted octanol–water partition coefficient (Wildman–Crippen LogP) is 3.29. The van der Waals surface area contributed by atoms with Crippen LogP contribution >= 0.6 is 0 Å². The zero-order valence-corrected chi connectivity index (χ0v) is 7.92.